The summed E-state index contributed by atoms with van der Waals surface area (Å²) in [7, 11) is 0. The lowest BCUT2D eigenvalue weighted by Gasteiger charge is -2.12. The van der Waals surface area contributed by atoms with Gasteiger partial charge in [0.05, 0.1) is 10.6 Å². The minimum Gasteiger partial charge on any atom is -0.455 e. The highest BCUT2D eigenvalue weighted by Gasteiger charge is 2.10. The smallest absolute Gasteiger partial charge is 0.146 e. The van der Waals surface area contributed by atoms with E-state index in [1.807, 2.05) is 19.1 Å². The molecule has 0 aromatic heterocycles. The van der Waals surface area contributed by atoms with Gasteiger partial charge in [0.15, 0.2) is 0 Å². The molecule has 0 radical (unpaired) electrons. The lowest BCUT2D eigenvalue weighted by molar-refractivity contribution is 0.482. The SMILES string of the molecule is Cc1ccc(Oc2ccc(Cl)cc2C(N)=S)c(Cl)c1. The van der Waals surface area contributed by atoms with Gasteiger partial charge in [-0.25, -0.2) is 0 Å². The molecule has 0 heterocycles. The molecule has 0 atom stereocenters. The van der Waals surface area contributed by atoms with Crippen LogP contribution in [0, 0.1) is 6.92 Å². The van der Waals surface area contributed by atoms with Gasteiger partial charge >= 0.3 is 0 Å². The van der Waals surface area contributed by atoms with Crippen LogP contribution in [0.3, 0.4) is 0 Å². The molecular weight excluding hydrogens is 301 g/mol. The fraction of sp³-hybridized carbons (Fsp3) is 0.0714. The van der Waals surface area contributed by atoms with E-state index in [0.717, 1.165) is 5.56 Å². The number of nitrogens with two attached hydrogens (primary N) is 1. The number of thiocarbonyl (C=S) groups is 1. The molecule has 5 heteroatoms. The van der Waals surface area contributed by atoms with Crippen LogP contribution in [-0.4, -0.2) is 4.99 Å². The van der Waals surface area contributed by atoms with Crippen molar-refractivity contribution in [2.45, 2.75) is 6.92 Å². The standard InChI is InChI=1S/C14H11Cl2NOS/c1-8-2-4-13(11(16)6-8)18-12-5-3-9(15)7-10(12)14(17)19/h2-7H,1H3,(H2,17,19). The van der Waals surface area contributed by atoms with Gasteiger partial charge in [-0.3, -0.25) is 0 Å². The largest absolute Gasteiger partial charge is 0.455 e. The van der Waals surface area contributed by atoms with Crippen molar-refractivity contribution in [2.75, 3.05) is 0 Å². The Hall–Kier alpha value is -1.29. The van der Waals surface area contributed by atoms with Crippen LogP contribution in [0.1, 0.15) is 11.1 Å². The van der Waals surface area contributed by atoms with Gasteiger partial charge in [-0.2, -0.15) is 0 Å². The summed E-state index contributed by atoms with van der Waals surface area (Å²) in [6.07, 6.45) is 0. The second-order valence-corrected chi connectivity index (χ2v) is 5.32. The number of halogens is 2. The topological polar surface area (TPSA) is 35.2 Å². The minimum atomic E-state index is 0.223. The molecule has 0 bridgehead atoms. The number of rotatable bonds is 3. The highest BCUT2D eigenvalue weighted by atomic mass is 35.5. The third kappa shape index (κ3) is 3.38. The number of hydrogen-bond acceptors (Lipinski definition) is 2. The Labute approximate surface area is 127 Å². The quantitative estimate of drug-likeness (QED) is 0.832. The number of hydrogen-bond donors (Lipinski definition) is 1. The van der Waals surface area contributed by atoms with Gasteiger partial charge in [-0.15, -0.1) is 0 Å². The molecule has 19 heavy (non-hydrogen) atoms. The maximum absolute atomic E-state index is 6.13. The summed E-state index contributed by atoms with van der Waals surface area (Å²) >= 11 is 17.0. The Morgan fingerprint density at radius 2 is 1.79 bits per heavy atom. The summed E-state index contributed by atoms with van der Waals surface area (Å²) < 4.78 is 5.75. The van der Waals surface area contributed by atoms with Crippen molar-refractivity contribution in [1.82, 2.24) is 0 Å². The van der Waals surface area contributed by atoms with Gasteiger partial charge in [-0.05, 0) is 42.8 Å². The average molecular weight is 312 g/mol. The normalized spacial score (nSPS) is 10.3. The van der Waals surface area contributed by atoms with E-state index >= 15 is 0 Å². The predicted molar refractivity (Wildman–Crippen MR) is 83.6 cm³/mol. The van der Waals surface area contributed by atoms with Crippen molar-refractivity contribution >= 4 is 40.4 Å². The lowest BCUT2D eigenvalue weighted by Crippen LogP contribution is -2.10. The Balaban J connectivity index is 2.40. The Bertz CT molecular complexity index is 643. The molecule has 0 aliphatic rings. The number of aryl methyl sites for hydroxylation is 1. The van der Waals surface area contributed by atoms with Gasteiger partial charge in [0.1, 0.15) is 16.5 Å². The van der Waals surface area contributed by atoms with Crippen LogP contribution in [-0.2, 0) is 0 Å². The van der Waals surface area contributed by atoms with Crippen molar-refractivity contribution in [1.29, 1.82) is 0 Å². The second kappa shape index (κ2) is 5.78. The average Bonchev–Trinajstić information content (AvgIpc) is 2.34. The first kappa shape index (κ1) is 14.1. The molecule has 2 nitrogen and oxygen atoms in total. The van der Waals surface area contributed by atoms with Crippen LogP contribution in [0.4, 0.5) is 0 Å². The van der Waals surface area contributed by atoms with E-state index in [1.165, 1.54) is 0 Å². The zero-order chi connectivity index (χ0) is 14.0. The van der Waals surface area contributed by atoms with Crippen LogP contribution in [0.25, 0.3) is 0 Å². The molecule has 0 saturated heterocycles. The summed E-state index contributed by atoms with van der Waals surface area (Å²) in [6, 6.07) is 10.6. The maximum atomic E-state index is 6.13. The summed E-state index contributed by atoms with van der Waals surface area (Å²) in [5.74, 6) is 1.08. The van der Waals surface area contributed by atoms with E-state index in [-0.39, 0.29) is 4.99 Å². The third-order valence-electron chi connectivity index (χ3n) is 2.51. The van der Waals surface area contributed by atoms with Gasteiger partial charge in [0, 0.05) is 5.02 Å². The van der Waals surface area contributed by atoms with E-state index in [2.05, 4.69) is 0 Å². The lowest BCUT2D eigenvalue weighted by atomic mass is 10.2. The van der Waals surface area contributed by atoms with Crippen molar-refractivity contribution in [3.05, 3.63) is 57.6 Å². The van der Waals surface area contributed by atoms with Crippen LogP contribution in [0.15, 0.2) is 36.4 Å². The molecule has 98 valence electrons. The molecule has 0 aliphatic heterocycles. The first-order valence-electron chi connectivity index (χ1n) is 5.51. The van der Waals surface area contributed by atoms with E-state index in [0.29, 0.717) is 27.1 Å². The van der Waals surface area contributed by atoms with Gasteiger partial charge in [-0.1, -0.05) is 41.5 Å². The van der Waals surface area contributed by atoms with Crippen molar-refractivity contribution in [2.24, 2.45) is 5.73 Å². The van der Waals surface area contributed by atoms with Crippen LogP contribution in [0.2, 0.25) is 10.0 Å². The molecule has 0 amide bonds. The predicted octanol–water partition coefficient (Wildman–Crippen LogP) is 4.73. The minimum absolute atomic E-state index is 0.223. The number of ether oxygens (including phenoxy) is 1. The molecule has 0 saturated carbocycles. The van der Waals surface area contributed by atoms with Crippen molar-refractivity contribution in [3.63, 3.8) is 0 Å². The van der Waals surface area contributed by atoms with Crippen molar-refractivity contribution < 1.29 is 4.74 Å². The Kier molecular flexibility index (Phi) is 4.30. The van der Waals surface area contributed by atoms with E-state index in [1.54, 1.807) is 24.3 Å². The van der Waals surface area contributed by atoms with Gasteiger partial charge < -0.3 is 10.5 Å². The fourth-order valence-electron chi connectivity index (χ4n) is 1.59. The summed E-state index contributed by atoms with van der Waals surface area (Å²) in [5, 5.41) is 1.08. The van der Waals surface area contributed by atoms with E-state index in [4.69, 9.17) is 45.9 Å². The number of benzene rings is 2. The van der Waals surface area contributed by atoms with Crippen LogP contribution >= 0.6 is 35.4 Å². The first-order valence-corrected chi connectivity index (χ1v) is 6.67. The summed E-state index contributed by atoms with van der Waals surface area (Å²) in [6.45, 7) is 1.96. The maximum Gasteiger partial charge on any atom is 0.146 e. The highest BCUT2D eigenvalue weighted by Crippen LogP contribution is 2.32. The zero-order valence-corrected chi connectivity index (χ0v) is 12.4. The third-order valence-corrected chi connectivity index (χ3v) is 3.26. The molecule has 0 spiro atoms. The highest BCUT2D eigenvalue weighted by molar-refractivity contribution is 7.80. The Morgan fingerprint density at radius 1 is 1.11 bits per heavy atom. The zero-order valence-electron chi connectivity index (χ0n) is 10.1. The van der Waals surface area contributed by atoms with Gasteiger partial charge in [0.25, 0.3) is 0 Å². The molecule has 2 aromatic carbocycles. The molecule has 2 N–H and O–H groups in total. The fourth-order valence-corrected chi connectivity index (χ4v) is 2.20. The molecule has 0 fully saturated rings. The molecular formula is C14H11Cl2NOS. The molecule has 2 rings (SSSR count). The van der Waals surface area contributed by atoms with E-state index in [9.17, 15) is 0 Å². The first-order chi connectivity index (χ1) is 8.97. The summed E-state index contributed by atoms with van der Waals surface area (Å²) in [4.78, 5) is 0.223. The summed E-state index contributed by atoms with van der Waals surface area (Å²) in [5.41, 5.74) is 7.30. The van der Waals surface area contributed by atoms with Crippen LogP contribution in [0.5, 0.6) is 11.5 Å². The van der Waals surface area contributed by atoms with Crippen LogP contribution < -0.4 is 10.5 Å². The van der Waals surface area contributed by atoms with E-state index < -0.39 is 0 Å². The molecule has 0 unspecified atom stereocenters. The second-order valence-electron chi connectivity index (χ2n) is 4.04. The Morgan fingerprint density at radius 3 is 2.42 bits per heavy atom. The monoisotopic (exact) mass is 311 g/mol. The molecule has 2 aromatic rings. The van der Waals surface area contributed by atoms with Gasteiger partial charge in [0.2, 0.25) is 0 Å². The van der Waals surface area contributed by atoms with Crippen molar-refractivity contribution in [3.8, 4) is 11.5 Å². The molecule has 0 aliphatic carbocycles.